The third kappa shape index (κ3) is 2.77. The minimum absolute atomic E-state index is 0.233. The van der Waals surface area contributed by atoms with E-state index in [4.69, 9.17) is 0 Å². The highest BCUT2D eigenvalue weighted by molar-refractivity contribution is 5.44. The van der Waals surface area contributed by atoms with Gasteiger partial charge in [-0.3, -0.25) is 0 Å². The van der Waals surface area contributed by atoms with Gasteiger partial charge in [-0.1, -0.05) is 65.2 Å². The summed E-state index contributed by atoms with van der Waals surface area (Å²) in [6, 6.07) is 6.76. The van der Waals surface area contributed by atoms with Crippen LogP contribution < -0.4 is 0 Å². The minimum Gasteiger partial charge on any atom is -0.388 e. The van der Waals surface area contributed by atoms with E-state index in [-0.39, 0.29) is 16.9 Å². The molecular formula is C20H30O. The van der Waals surface area contributed by atoms with E-state index in [1.165, 1.54) is 43.2 Å². The van der Waals surface area contributed by atoms with Crippen LogP contribution >= 0.6 is 0 Å². The molecule has 1 atom stereocenters. The highest BCUT2D eigenvalue weighted by Gasteiger charge is 2.37. The highest BCUT2D eigenvalue weighted by Crippen LogP contribution is 2.46. The Morgan fingerprint density at radius 1 is 1.05 bits per heavy atom. The monoisotopic (exact) mass is 286 g/mol. The zero-order valence-electron chi connectivity index (χ0n) is 14.1. The molecule has 1 aromatic rings. The van der Waals surface area contributed by atoms with Crippen molar-refractivity contribution in [3.63, 3.8) is 0 Å². The molecule has 0 aliphatic heterocycles. The van der Waals surface area contributed by atoms with Crippen LogP contribution in [0.15, 0.2) is 18.2 Å². The van der Waals surface area contributed by atoms with Crippen molar-refractivity contribution in [3.05, 3.63) is 34.9 Å². The Hall–Kier alpha value is -0.820. The van der Waals surface area contributed by atoms with Crippen LogP contribution in [0.5, 0.6) is 0 Å². The predicted molar refractivity (Wildman–Crippen MR) is 88.6 cm³/mol. The summed E-state index contributed by atoms with van der Waals surface area (Å²) in [7, 11) is 0. The Bertz CT molecular complexity index is 523. The lowest BCUT2D eigenvalue weighted by atomic mass is 9.63. The first kappa shape index (κ1) is 15.1. The largest absolute Gasteiger partial charge is 0.388 e. The van der Waals surface area contributed by atoms with E-state index in [2.05, 4.69) is 45.9 Å². The van der Waals surface area contributed by atoms with Crippen molar-refractivity contribution in [3.8, 4) is 0 Å². The molecule has 1 unspecified atom stereocenters. The van der Waals surface area contributed by atoms with Gasteiger partial charge in [0.15, 0.2) is 0 Å². The molecule has 0 radical (unpaired) electrons. The minimum atomic E-state index is -0.276. The summed E-state index contributed by atoms with van der Waals surface area (Å²) in [4.78, 5) is 0. The number of rotatable bonds is 3. The van der Waals surface area contributed by atoms with E-state index in [1.54, 1.807) is 0 Å². The number of fused-ring (bicyclic) bond motifs is 1. The Balaban J connectivity index is 1.91. The van der Waals surface area contributed by atoms with Crippen molar-refractivity contribution in [2.45, 2.75) is 83.2 Å². The van der Waals surface area contributed by atoms with Gasteiger partial charge in [0.2, 0.25) is 0 Å². The maximum Gasteiger partial charge on any atom is 0.0792 e. The van der Waals surface area contributed by atoms with Gasteiger partial charge in [0.05, 0.1) is 6.10 Å². The zero-order valence-corrected chi connectivity index (χ0v) is 14.1. The van der Waals surface area contributed by atoms with E-state index in [9.17, 15) is 5.11 Å². The fourth-order valence-corrected chi connectivity index (χ4v) is 3.99. The lowest BCUT2D eigenvalue weighted by Crippen LogP contribution is -2.34. The molecule has 1 saturated carbocycles. The standard InChI is InChI=1S/C20H30O/c1-19(2)10-11-20(3,4)17-13-15(8-9-16(17)19)18(21)12-14-6-5-7-14/h8-9,13-14,18,21H,5-7,10-12H2,1-4H3. The van der Waals surface area contributed by atoms with E-state index in [1.807, 2.05) is 0 Å². The van der Waals surface area contributed by atoms with Gasteiger partial charge < -0.3 is 5.11 Å². The Morgan fingerprint density at radius 2 is 1.67 bits per heavy atom. The maximum atomic E-state index is 10.6. The fourth-order valence-electron chi connectivity index (χ4n) is 3.99. The summed E-state index contributed by atoms with van der Waals surface area (Å²) in [6.45, 7) is 9.41. The molecule has 0 heterocycles. The van der Waals surface area contributed by atoms with Crippen LogP contribution in [0.3, 0.4) is 0 Å². The van der Waals surface area contributed by atoms with Gasteiger partial charge in [-0.15, -0.1) is 0 Å². The molecule has 1 N–H and O–H groups in total. The molecule has 0 bridgehead atoms. The first-order valence-electron chi connectivity index (χ1n) is 8.63. The van der Waals surface area contributed by atoms with Crippen molar-refractivity contribution in [1.29, 1.82) is 0 Å². The van der Waals surface area contributed by atoms with Gasteiger partial charge >= 0.3 is 0 Å². The van der Waals surface area contributed by atoms with Gasteiger partial charge in [-0.2, -0.15) is 0 Å². The summed E-state index contributed by atoms with van der Waals surface area (Å²) in [6.07, 6.45) is 7.11. The molecule has 21 heavy (non-hydrogen) atoms. The molecule has 116 valence electrons. The van der Waals surface area contributed by atoms with Gasteiger partial charge in [0, 0.05) is 0 Å². The number of hydrogen-bond donors (Lipinski definition) is 1. The average molecular weight is 286 g/mol. The van der Waals surface area contributed by atoms with Crippen LogP contribution in [0.2, 0.25) is 0 Å². The normalized spacial score (nSPS) is 25.0. The van der Waals surface area contributed by atoms with Crippen LogP contribution in [0.4, 0.5) is 0 Å². The van der Waals surface area contributed by atoms with Crippen LogP contribution in [0.1, 0.15) is 89.0 Å². The Morgan fingerprint density at radius 3 is 2.24 bits per heavy atom. The third-order valence-corrected chi connectivity index (χ3v) is 6.04. The van der Waals surface area contributed by atoms with E-state index in [0.717, 1.165) is 17.9 Å². The molecule has 1 aromatic carbocycles. The first-order valence-corrected chi connectivity index (χ1v) is 8.63. The van der Waals surface area contributed by atoms with Crippen LogP contribution in [-0.2, 0) is 10.8 Å². The van der Waals surface area contributed by atoms with E-state index >= 15 is 0 Å². The maximum absolute atomic E-state index is 10.6. The molecule has 0 amide bonds. The fraction of sp³-hybridized carbons (Fsp3) is 0.700. The molecule has 1 heteroatoms. The lowest BCUT2D eigenvalue weighted by Gasteiger charge is -2.42. The van der Waals surface area contributed by atoms with Crippen molar-refractivity contribution < 1.29 is 5.11 Å². The summed E-state index contributed by atoms with van der Waals surface area (Å²) < 4.78 is 0. The van der Waals surface area contributed by atoms with Crippen molar-refractivity contribution in [2.75, 3.05) is 0 Å². The second-order valence-electron chi connectivity index (χ2n) is 8.62. The molecule has 0 spiro atoms. The topological polar surface area (TPSA) is 20.2 Å². The molecule has 3 rings (SSSR count). The molecular weight excluding hydrogens is 256 g/mol. The molecule has 2 aliphatic rings. The molecule has 1 fully saturated rings. The lowest BCUT2D eigenvalue weighted by molar-refractivity contribution is 0.118. The quantitative estimate of drug-likeness (QED) is 0.803. The van der Waals surface area contributed by atoms with Crippen molar-refractivity contribution in [2.24, 2.45) is 5.92 Å². The average Bonchev–Trinajstić information content (AvgIpc) is 2.39. The van der Waals surface area contributed by atoms with Crippen LogP contribution in [0.25, 0.3) is 0 Å². The Labute approximate surface area is 129 Å². The molecule has 1 nitrogen and oxygen atoms in total. The van der Waals surface area contributed by atoms with Crippen molar-refractivity contribution in [1.82, 2.24) is 0 Å². The summed E-state index contributed by atoms with van der Waals surface area (Å²) >= 11 is 0. The summed E-state index contributed by atoms with van der Waals surface area (Å²) in [5, 5.41) is 10.6. The van der Waals surface area contributed by atoms with Gasteiger partial charge in [0.25, 0.3) is 0 Å². The second-order valence-corrected chi connectivity index (χ2v) is 8.62. The molecule has 2 aliphatic carbocycles. The summed E-state index contributed by atoms with van der Waals surface area (Å²) in [5.41, 5.74) is 4.58. The number of hydrogen-bond acceptors (Lipinski definition) is 1. The van der Waals surface area contributed by atoms with Crippen LogP contribution in [0, 0.1) is 5.92 Å². The highest BCUT2D eigenvalue weighted by atomic mass is 16.3. The van der Waals surface area contributed by atoms with E-state index < -0.39 is 0 Å². The predicted octanol–water partition coefficient (Wildman–Crippen LogP) is 5.26. The third-order valence-electron chi connectivity index (χ3n) is 6.04. The number of benzene rings is 1. The van der Waals surface area contributed by atoms with Gasteiger partial charge in [0.1, 0.15) is 0 Å². The van der Waals surface area contributed by atoms with Gasteiger partial charge in [-0.25, -0.2) is 0 Å². The molecule has 0 saturated heterocycles. The van der Waals surface area contributed by atoms with E-state index in [0.29, 0.717) is 0 Å². The number of aliphatic hydroxyl groups is 1. The second kappa shape index (κ2) is 5.12. The summed E-state index contributed by atoms with van der Waals surface area (Å²) in [5.74, 6) is 0.750. The van der Waals surface area contributed by atoms with Gasteiger partial charge in [-0.05, 0) is 52.7 Å². The first-order chi connectivity index (χ1) is 9.79. The number of aliphatic hydroxyl groups excluding tert-OH is 1. The zero-order chi connectivity index (χ0) is 15.3. The SMILES string of the molecule is CC1(C)CCC(C)(C)c2cc(C(O)CC3CCC3)ccc21. The Kier molecular flexibility index (Phi) is 3.68. The van der Waals surface area contributed by atoms with Crippen molar-refractivity contribution >= 4 is 0 Å². The molecule has 0 aromatic heterocycles. The van der Waals surface area contributed by atoms with Crippen LogP contribution in [-0.4, -0.2) is 5.11 Å². The smallest absolute Gasteiger partial charge is 0.0792 e.